The summed E-state index contributed by atoms with van der Waals surface area (Å²) in [6.07, 6.45) is 6.02. The third kappa shape index (κ3) is 2.51. The minimum atomic E-state index is -3.56. The second-order valence-corrected chi connectivity index (χ2v) is 20.0. The first-order valence-corrected chi connectivity index (χ1v) is 15.6. The van der Waals surface area contributed by atoms with E-state index in [1.165, 1.54) is 9.37 Å². The monoisotopic (exact) mass is 506 g/mol. The fourth-order valence-electron chi connectivity index (χ4n) is 3.44. The molecule has 0 N–H and O–H groups in total. The van der Waals surface area contributed by atoms with E-state index in [4.69, 9.17) is 0 Å². The number of benzene rings is 3. The van der Waals surface area contributed by atoms with Crippen molar-refractivity contribution >= 4 is 30.8 Å². The topological polar surface area (TPSA) is 17.8 Å². The molecule has 0 spiro atoms. The Balaban J connectivity index is 2.12. The van der Waals surface area contributed by atoms with Gasteiger partial charge in [-0.25, -0.2) is 0 Å². The molecule has 0 amide bonds. The zero-order chi connectivity index (χ0) is 16.2. The first-order valence-electron chi connectivity index (χ1n) is 8.07. The SMILES string of the molecule is c1cc[c]([Pb]([c]2ccccc2)([c]2ccccc2)[n]2ccnc2)cc1. The summed E-state index contributed by atoms with van der Waals surface area (Å²) in [6, 6.07) is 32.8. The maximum atomic E-state index is 4.38. The van der Waals surface area contributed by atoms with Crippen molar-refractivity contribution in [3.05, 3.63) is 110 Å². The molecular weight excluding hydrogens is 487 g/mol. The van der Waals surface area contributed by atoms with Gasteiger partial charge in [-0.05, 0) is 0 Å². The molecule has 3 heteroatoms. The van der Waals surface area contributed by atoms with Crippen molar-refractivity contribution < 1.29 is 0 Å². The molecular formula is C21H18N2Pb. The predicted octanol–water partition coefficient (Wildman–Crippen LogP) is 2.40. The summed E-state index contributed by atoms with van der Waals surface area (Å²) in [5.41, 5.74) is 0. The number of hydrogen-bond donors (Lipinski definition) is 0. The van der Waals surface area contributed by atoms with Crippen molar-refractivity contribution in [3.63, 3.8) is 0 Å². The molecule has 0 fully saturated rings. The molecule has 0 radical (unpaired) electrons. The standard InChI is InChI=1S/3C6H5.C3H3N2.Pb/c3*1-2-4-6-5-3-1;1-2-5-3-4-1;/h3*1-5H;1-3H;/q;;;-1;+1. The first-order chi connectivity index (χ1) is 11.9. The zero-order valence-electron chi connectivity index (χ0n) is 13.3. The van der Waals surface area contributed by atoms with Crippen LogP contribution in [0.1, 0.15) is 0 Å². The van der Waals surface area contributed by atoms with E-state index in [1.54, 1.807) is 0 Å². The Hall–Kier alpha value is -2.21. The van der Waals surface area contributed by atoms with Gasteiger partial charge in [-0.1, -0.05) is 0 Å². The summed E-state index contributed by atoms with van der Waals surface area (Å²) in [6.45, 7) is 0. The van der Waals surface area contributed by atoms with Gasteiger partial charge in [0.15, 0.2) is 0 Å². The van der Waals surface area contributed by atoms with Gasteiger partial charge in [0, 0.05) is 0 Å². The van der Waals surface area contributed by atoms with Crippen LogP contribution in [0.2, 0.25) is 0 Å². The van der Waals surface area contributed by atoms with Gasteiger partial charge in [0.25, 0.3) is 0 Å². The number of aromatic nitrogens is 2. The van der Waals surface area contributed by atoms with Gasteiger partial charge in [-0.2, -0.15) is 0 Å². The van der Waals surface area contributed by atoms with Gasteiger partial charge in [-0.3, -0.25) is 0 Å². The fraction of sp³-hybridized carbons (Fsp3) is 0. The van der Waals surface area contributed by atoms with Crippen LogP contribution < -0.4 is 9.37 Å². The molecule has 116 valence electrons. The molecule has 4 aromatic rings. The number of nitrogens with zero attached hydrogens (tertiary/aromatic N) is 2. The average molecular weight is 506 g/mol. The van der Waals surface area contributed by atoms with Crippen molar-refractivity contribution in [3.8, 4) is 0 Å². The van der Waals surface area contributed by atoms with E-state index in [0.717, 1.165) is 0 Å². The van der Waals surface area contributed by atoms with Crippen LogP contribution in [0.15, 0.2) is 110 Å². The van der Waals surface area contributed by atoms with E-state index in [9.17, 15) is 0 Å². The summed E-state index contributed by atoms with van der Waals surface area (Å²) < 4.78 is 6.70. The molecule has 0 saturated heterocycles. The van der Waals surface area contributed by atoms with Crippen LogP contribution >= 0.6 is 0 Å². The van der Waals surface area contributed by atoms with Crippen LogP contribution in [0.5, 0.6) is 0 Å². The van der Waals surface area contributed by atoms with Gasteiger partial charge in [0.2, 0.25) is 0 Å². The quantitative estimate of drug-likeness (QED) is 0.390. The fourth-order valence-corrected chi connectivity index (χ4v) is 20.7. The summed E-state index contributed by atoms with van der Waals surface area (Å²) in [7, 11) is 0. The van der Waals surface area contributed by atoms with Crippen molar-refractivity contribution in [2.75, 3.05) is 0 Å². The van der Waals surface area contributed by atoms with Gasteiger partial charge in [0.1, 0.15) is 0 Å². The van der Waals surface area contributed by atoms with Gasteiger partial charge in [0.05, 0.1) is 0 Å². The predicted molar refractivity (Wildman–Crippen MR) is 102 cm³/mol. The van der Waals surface area contributed by atoms with E-state index in [0.29, 0.717) is 0 Å². The van der Waals surface area contributed by atoms with E-state index < -0.39 is 21.5 Å². The van der Waals surface area contributed by atoms with Crippen LogP contribution in [0.25, 0.3) is 0 Å². The number of rotatable bonds is 4. The molecule has 0 aliphatic heterocycles. The van der Waals surface area contributed by atoms with Crippen molar-refractivity contribution in [2.45, 2.75) is 0 Å². The van der Waals surface area contributed by atoms with Crippen LogP contribution in [0.3, 0.4) is 0 Å². The molecule has 1 heterocycles. The Morgan fingerprint density at radius 3 is 1.33 bits per heavy atom. The molecule has 1 aromatic heterocycles. The van der Waals surface area contributed by atoms with E-state index in [-0.39, 0.29) is 0 Å². The van der Waals surface area contributed by atoms with Crippen LogP contribution in [-0.2, 0) is 0 Å². The number of hydrogen-bond acceptors (Lipinski definition) is 1. The number of imidazole rings is 1. The van der Waals surface area contributed by atoms with E-state index in [2.05, 4.69) is 105 Å². The molecule has 0 saturated carbocycles. The molecule has 24 heavy (non-hydrogen) atoms. The van der Waals surface area contributed by atoms with E-state index >= 15 is 0 Å². The molecule has 2 nitrogen and oxygen atoms in total. The summed E-state index contributed by atoms with van der Waals surface area (Å²) >= 11 is -3.56. The van der Waals surface area contributed by atoms with Crippen LogP contribution in [0, 0.1) is 0 Å². The Morgan fingerprint density at radius 1 is 0.583 bits per heavy atom. The molecule has 0 aliphatic rings. The Morgan fingerprint density at radius 2 is 1.00 bits per heavy atom. The molecule has 0 aliphatic carbocycles. The van der Waals surface area contributed by atoms with E-state index in [1.807, 2.05) is 12.5 Å². The van der Waals surface area contributed by atoms with Crippen LogP contribution in [0.4, 0.5) is 0 Å². The molecule has 0 unspecified atom stereocenters. The van der Waals surface area contributed by atoms with Crippen LogP contribution in [-0.4, -0.2) is 28.8 Å². The first kappa shape index (κ1) is 15.3. The second kappa shape index (κ2) is 6.73. The third-order valence-corrected chi connectivity index (χ3v) is 22.1. The minimum absolute atomic E-state index is 1.43. The molecule has 4 rings (SSSR count). The maximum absolute atomic E-state index is 4.38. The zero-order valence-corrected chi connectivity index (χ0v) is 17.2. The Bertz CT molecular complexity index is 792. The molecule has 3 aromatic carbocycles. The van der Waals surface area contributed by atoms with Gasteiger partial charge >= 0.3 is 148 Å². The summed E-state index contributed by atoms with van der Waals surface area (Å²) in [5.74, 6) is 0. The third-order valence-electron chi connectivity index (χ3n) is 4.47. The second-order valence-electron chi connectivity index (χ2n) is 5.78. The van der Waals surface area contributed by atoms with Gasteiger partial charge in [-0.15, -0.1) is 0 Å². The Kier molecular flexibility index (Phi) is 4.30. The molecule has 0 atom stereocenters. The summed E-state index contributed by atoms with van der Waals surface area (Å²) in [4.78, 5) is 4.38. The van der Waals surface area contributed by atoms with Crippen molar-refractivity contribution in [1.82, 2.24) is 7.36 Å². The van der Waals surface area contributed by atoms with Gasteiger partial charge < -0.3 is 0 Å². The normalized spacial score (nSPS) is 11.3. The average Bonchev–Trinajstić information content (AvgIpc) is 3.20. The van der Waals surface area contributed by atoms with Crippen molar-refractivity contribution in [1.29, 1.82) is 0 Å². The van der Waals surface area contributed by atoms with Crippen molar-refractivity contribution in [2.24, 2.45) is 0 Å². The molecule has 0 bridgehead atoms. The Labute approximate surface area is 147 Å². The summed E-state index contributed by atoms with van der Waals surface area (Å²) in [5, 5.41) is 0.